The number of rotatable bonds is 6. The fourth-order valence-electron chi connectivity index (χ4n) is 3.91. The summed E-state index contributed by atoms with van der Waals surface area (Å²) in [7, 11) is 1.79. The minimum atomic E-state index is -0.0758. The third kappa shape index (κ3) is 4.12. The van der Waals surface area contributed by atoms with Crippen LogP contribution in [0.15, 0.2) is 39.6 Å². The molecule has 4 aromatic rings. The van der Waals surface area contributed by atoms with Gasteiger partial charge in [-0.2, -0.15) is 0 Å². The highest BCUT2D eigenvalue weighted by Crippen LogP contribution is 2.35. The van der Waals surface area contributed by atoms with E-state index >= 15 is 0 Å². The zero-order valence-electron chi connectivity index (χ0n) is 17.8. The van der Waals surface area contributed by atoms with Gasteiger partial charge in [0.2, 0.25) is 5.91 Å². The molecule has 5 rings (SSSR count). The first-order valence-electron chi connectivity index (χ1n) is 10.4. The molecular weight excluding hydrogens is 460 g/mol. The number of hydrogen-bond acceptors (Lipinski definition) is 7. The predicted molar refractivity (Wildman–Crippen MR) is 132 cm³/mol. The van der Waals surface area contributed by atoms with E-state index in [1.807, 2.05) is 36.6 Å². The van der Waals surface area contributed by atoms with Crippen molar-refractivity contribution in [1.82, 2.24) is 14.5 Å². The highest BCUT2D eigenvalue weighted by atomic mass is 32.2. The van der Waals surface area contributed by atoms with Crippen LogP contribution in [0.4, 0.5) is 5.69 Å². The first-order chi connectivity index (χ1) is 15.5. The number of carbonyl (C=O) groups is 1. The van der Waals surface area contributed by atoms with Gasteiger partial charge in [0.25, 0.3) is 5.56 Å². The van der Waals surface area contributed by atoms with Gasteiger partial charge >= 0.3 is 0 Å². The summed E-state index contributed by atoms with van der Waals surface area (Å²) in [4.78, 5) is 36.9. The highest BCUT2D eigenvalue weighted by molar-refractivity contribution is 7.98. The van der Waals surface area contributed by atoms with Gasteiger partial charge in [-0.3, -0.25) is 14.2 Å². The second kappa shape index (κ2) is 8.80. The molecule has 1 aliphatic carbocycles. The Hall–Kier alpha value is -2.49. The van der Waals surface area contributed by atoms with E-state index in [2.05, 4.69) is 10.3 Å². The van der Waals surface area contributed by atoms with E-state index in [4.69, 9.17) is 4.98 Å². The number of nitrogens with one attached hydrogen (secondary N) is 1. The van der Waals surface area contributed by atoms with Gasteiger partial charge in [0.1, 0.15) is 9.84 Å². The molecule has 1 aliphatic rings. The van der Waals surface area contributed by atoms with Gasteiger partial charge in [-0.15, -0.1) is 22.7 Å². The van der Waals surface area contributed by atoms with E-state index in [9.17, 15) is 9.59 Å². The van der Waals surface area contributed by atoms with Crippen molar-refractivity contribution in [3.8, 4) is 0 Å². The van der Waals surface area contributed by atoms with Crippen LogP contribution >= 0.6 is 34.4 Å². The molecule has 1 amide bonds. The Labute approximate surface area is 197 Å². The number of aromatic nitrogens is 3. The number of hydrogen-bond donors (Lipinski definition) is 1. The van der Waals surface area contributed by atoms with E-state index in [1.54, 1.807) is 23.0 Å². The Morgan fingerprint density at radius 3 is 2.94 bits per heavy atom. The number of nitrogens with zero attached hydrogens (tertiary/aromatic N) is 3. The van der Waals surface area contributed by atoms with Crippen LogP contribution in [-0.4, -0.2) is 20.4 Å². The summed E-state index contributed by atoms with van der Waals surface area (Å²) < 4.78 is 1.65. The normalized spacial score (nSPS) is 12.9. The molecule has 164 valence electrons. The summed E-state index contributed by atoms with van der Waals surface area (Å²) in [6.07, 6.45) is 3.41. The molecule has 0 bridgehead atoms. The third-order valence-corrected chi connectivity index (χ3v) is 8.73. The minimum absolute atomic E-state index is 0.0451. The molecule has 0 spiro atoms. The monoisotopic (exact) mass is 482 g/mol. The molecule has 0 atom stereocenters. The zero-order chi connectivity index (χ0) is 22.2. The summed E-state index contributed by atoms with van der Waals surface area (Å²) in [5.74, 6) is 0.528. The summed E-state index contributed by atoms with van der Waals surface area (Å²) >= 11 is 4.65. The molecule has 32 heavy (non-hydrogen) atoms. The molecule has 0 fully saturated rings. The Morgan fingerprint density at radius 1 is 1.25 bits per heavy atom. The Morgan fingerprint density at radius 2 is 2.09 bits per heavy atom. The number of thiophene rings is 1. The number of aryl methyl sites for hydroxylation is 3. The highest BCUT2D eigenvalue weighted by Gasteiger charge is 2.22. The number of fused-ring (bicyclic) bond motifs is 3. The van der Waals surface area contributed by atoms with Gasteiger partial charge in [-0.05, 0) is 43.4 Å². The van der Waals surface area contributed by atoms with Crippen LogP contribution in [0, 0.1) is 6.92 Å². The van der Waals surface area contributed by atoms with Crippen molar-refractivity contribution >= 4 is 56.2 Å². The number of benzene rings is 1. The summed E-state index contributed by atoms with van der Waals surface area (Å²) in [6, 6.07) is 7.72. The summed E-state index contributed by atoms with van der Waals surface area (Å²) in [6.45, 7) is 1.97. The number of para-hydroxylation sites is 1. The number of carbonyl (C=O) groups excluding carboxylic acids is 1. The summed E-state index contributed by atoms with van der Waals surface area (Å²) in [5, 5.41) is 7.21. The molecule has 0 saturated carbocycles. The third-order valence-electron chi connectivity index (χ3n) is 5.58. The van der Waals surface area contributed by atoms with Crippen molar-refractivity contribution < 1.29 is 4.79 Å². The fraction of sp³-hybridized carbons (Fsp3) is 0.304. The lowest BCUT2D eigenvalue weighted by molar-refractivity contribution is -0.115. The van der Waals surface area contributed by atoms with E-state index in [1.165, 1.54) is 33.5 Å². The molecule has 0 unspecified atom stereocenters. The van der Waals surface area contributed by atoms with Crippen molar-refractivity contribution in [2.24, 2.45) is 7.05 Å². The predicted octanol–water partition coefficient (Wildman–Crippen LogP) is 4.72. The Balaban J connectivity index is 1.26. The van der Waals surface area contributed by atoms with Crippen molar-refractivity contribution in [3.05, 3.63) is 66.7 Å². The Kier molecular flexibility index (Phi) is 5.88. The standard InChI is InChI=1S/C23H22N4O2S3/c1-13-6-3-4-8-16(13)25-18(28)10-19-24-14(11-30-19)12-31-23-26-21-20(22(29)27(23)2)15-7-5-9-17(15)32-21/h3-4,6,8,11H,5,7,9-10,12H2,1-2H3,(H,25,28). The van der Waals surface area contributed by atoms with Crippen LogP contribution in [0.1, 0.15) is 33.1 Å². The first-order valence-corrected chi connectivity index (χ1v) is 13.1. The fourth-order valence-corrected chi connectivity index (χ4v) is 6.98. The maximum absolute atomic E-state index is 12.9. The minimum Gasteiger partial charge on any atom is -0.325 e. The van der Waals surface area contributed by atoms with Crippen molar-refractivity contribution in [2.75, 3.05) is 5.32 Å². The molecular formula is C23H22N4O2S3. The topological polar surface area (TPSA) is 76.9 Å². The molecule has 6 nitrogen and oxygen atoms in total. The van der Waals surface area contributed by atoms with Crippen LogP contribution < -0.4 is 10.9 Å². The maximum Gasteiger partial charge on any atom is 0.262 e. The van der Waals surface area contributed by atoms with E-state index < -0.39 is 0 Å². The van der Waals surface area contributed by atoms with Crippen molar-refractivity contribution in [2.45, 2.75) is 43.5 Å². The lowest BCUT2D eigenvalue weighted by atomic mass is 10.2. The largest absolute Gasteiger partial charge is 0.325 e. The average Bonchev–Trinajstić information content (AvgIpc) is 3.47. The van der Waals surface area contributed by atoms with Gasteiger partial charge in [-0.25, -0.2) is 9.97 Å². The second-order valence-electron chi connectivity index (χ2n) is 7.86. The van der Waals surface area contributed by atoms with E-state index in [0.717, 1.165) is 51.4 Å². The number of anilines is 1. The quantitative estimate of drug-likeness (QED) is 0.318. The molecule has 3 aromatic heterocycles. The smallest absolute Gasteiger partial charge is 0.262 e. The molecule has 0 radical (unpaired) electrons. The molecule has 9 heteroatoms. The first kappa shape index (κ1) is 21.4. The van der Waals surface area contributed by atoms with Crippen LogP contribution in [0.25, 0.3) is 10.2 Å². The zero-order valence-corrected chi connectivity index (χ0v) is 20.3. The summed E-state index contributed by atoms with van der Waals surface area (Å²) in [5.41, 5.74) is 4.00. The van der Waals surface area contributed by atoms with Crippen molar-refractivity contribution in [1.29, 1.82) is 0 Å². The van der Waals surface area contributed by atoms with Crippen LogP contribution in [0.2, 0.25) is 0 Å². The van der Waals surface area contributed by atoms with Gasteiger partial charge < -0.3 is 5.32 Å². The van der Waals surface area contributed by atoms with E-state index in [0.29, 0.717) is 10.9 Å². The van der Waals surface area contributed by atoms with Crippen LogP contribution in [-0.2, 0) is 36.9 Å². The molecule has 0 aliphatic heterocycles. The van der Waals surface area contributed by atoms with Gasteiger partial charge in [-0.1, -0.05) is 30.0 Å². The van der Waals surface area contributed by atoms with Crippen LogP contribution in [0.5, 0.6) is 0 Å². The van der Waals surface area contributed by atoms with Crippen molar-refractivity contribution in [3.63, 3.8) is 0 Å². The Bertz CT molecular complexity index is 1390. The molecule has 1 N–H and O–H groups in total. The molecule has 3 heterocycles. The lowest BCUT2D eigenvalue weighted by Crippen LogP contribution is -2.20. The van der Waals surface area contributed by atoms with Gasteiger partial charge in [0.15, 0.2) is 5.16 Å². The number of thioether (sulfide) groups is 1. The maximum atomic E-state index is 12.9. The molecule has 0 saturated heterocycles. The molecule has 1 aromatic carbocycles. The number of thiazole rings is 1. The average molecular weight is 483 g/mol. The second-order valence-corrected chi connectivity index (χ2v) is 10.8. The van der Waals surface area contributed by atoms with E-state index in [-0.39, 0.29) is 17.9 Å². The van der Waals surface area contributed by atoms with Gasteiger partial charge in [0.05, 0.1) is 17.5 Å². The lowest BCUT2D eigenvalue weighted by Gasteiger charge is -2.07. The van der Waals surface area contributed by atoms with Crippen LogP contribution in [0.3, 0.4) is 0 Å². The number of amides is 1. The van der Waals surface area contributed by atoms with Gasteiger partial charge in [0, 0.05) is 28.7 Å². The SMILES string of the molecule is Cc1ccccc1NC(=O)Cc1nc(CSc2nc3sc4c(c3c(=O)n2C)CCC4)cs1.